The third-order valence-electron chi connectivity index (χ3n) is 1.57. The first-order chi connectivity index (χ1) is 5.77. The van der Waals surface area contributed by atoms with Gasteiger partial charge in [0.25, 0.3) is 0 Å². The van der Waals surface area contributed by atoms with Crippen molar-refractivity contribution < 1.29 is 9.18 Å². The Bertz CT molecular complexity index is 286. The number of hydrogen-bond acceptors (Lipinski definition) is 2. The minimum absolute atomic E-state index is 0.282. The molecule has 0 amide bonds. The number of carbonyl (C=O) groups is 1. The Morgan fingerprint density at radius 2 is 2.33 bits per heavy atom. The Morgan fingerprint density at radius 1 is 1.58 bits per heavy atom. The lowest BCUT2D eigenvalue weighted by atomic mass is 10.1. The van der Waals surface area contributed by atoms with Gasteiger partial charge in [-0.15, -0.1) is 0 Å². The standard InChI is InChI=1S/C9H10FNO/c1-11-5-8-4-7(6-12)2-3-9(8)10/h2-4,6,11H,5H2,1H3. The molecule has 1 rings (SSSR count). The molecule has 2 nitrogen and oxygen atoms in total. The Balaban J connectivity index is 2.99. The molecule has 3 heteroatoms. The molecule has 0 aliphatic carbocycles. The molecule has 0 spiro atoms. The molecular weight excluding hydrogens is 157 g/mol. The van der Waals surface area contributed by atoms with E-state index < -0.39 is 0 Å². The van der Waals surface area contributed by atoms with Crippen molar-refractivity contribution >= 4 is 6.29 Å². The van der Waals surface area contributed by atoms with Crippen LogP contribution in [0.25, 0.3) is 0 Å². The molecule has 0 fully saturated rings. The fourth-order valence-electron chi connectivity index (χ4n) is 0.994. The largest absolute Gasteiger partial charge is 0.316 e. The molecule has 1 aromatic carbocycles. The quantitative estimate of drug-likeness (QED) is 0.688. The van der Waals surface area contributed by atoms with Crippen molar-refractivity contribution in [1.29, 1.82) is 0 Å². The Hall–Kier alpha value is -1.22. The van der Waals surface area contributed by atoms with Crippen LogP contribution in [0.3, 0.4) is 0 Å². The second-order valence-electron chi connectivity index (χ2n) is 2.50. The van der Waals surface area contributed by atoms with Crippen molar-refractivity contribution in [2.75, 3.05) is 7.05 Å². The molecule has 12 heavy (non-hydrogen) atoms. The Kier molecular flexibility index (Phi) is 2.94. The van der Waals surface area contributed by atoms with Gasteiger partial charge in [-0.3, -0.25) is 4.79 Å². The predicted molar refractivity (Wildman–Crippen MR) is 44.6 cm³/mol. The predicted octanol–water partition coefficient (Wildman–Crippen LogP) is 1.36. The van der Waals surface area contributed by atoms with Crippen molar-refractivity contribution in [2.24, 2.45) is 0 Å². The summed E-state index contributed by atoms with van der Waals surface area (Å²) in [6.45, 7) is 0.438. The van der Waals surface area contributed by atoms with E-state index in [1.165, 1.54) is 12.1 Å². The first-order valence-electron chi connectivity index (χ1n) is 3.66. The van der Waals surface area contributed by atoms with Crippen LogP contribution in [0.4, 0.5) is 4.39 Å². The molecule has 0 atom stereocenters. The smallest absolute Gasteiger partial charge is 0.150 e. The molecule has 1 N–H and O–H groups in total. The van der Waals surface area contributed by atoms with E-state index in [-0.39, 0.29) is 5.82 Å². The number of rotatable bonds is 3. The van der Waals surface area contributed by atoms with Crippen molar-refractivity contribution in [3.05, 3.63) is 35.1 Å². The van der Waals surface area contributed by atoms with Crippen LogP contribution >= 0.6 is 0 Å². The number of halogens is 1. The lowest BCUT2D eigenvalue weighted by molar-refractivity contribution is 0.112. The zero-order valence-electron chi connectivity index (χ0n) is 6.80. The molecular formula is C9H10FNO. The average Bonchev–Trinajstić information content (AvgIpc) is 2.09. The van der Waals surface area contributed by atoms with Crippen LogP contribution in [-0.4, -0.2) is 13.3 Å². The summed E-state index contributed by atoms with van der Waals surface area (Å²) in [5.74, 6) is -0.282. The van der Waals surface area contributed by atoms with E-state index in [1.54, 1.807) is 13.1 Å². The molecule has 0 bridgehead atoms. The van der Waals surface area contributed by atoms with Gasteiger partial charge in [0, 0.05) is 17.7 Å². The van der Waals surface area contributed by atoms with E-state index in [9.17, 15) is 9.18 Å². The zero-order valence-corrected chi connectivity index (χ0v) is 6.80. The van der Waals surface area contributed by atoms with Gasteiger partial charge in [0.15, 0.2) is 0 Å². The second-order valence-corrected chi connectivity index (χ2v) is 2.50. The van der Waals surface area contributed by atoms with Crippen LogP contribution in [0.15, 0.2) is 18.2 Å². The Morgan fingerprint density at radius 3 is 2.92 bits per heavy atom. The number of aldehydes is 1. The first-order valence-corrected chi connectivity index (χ1v) is 3.66. The third-order valence-corrected chi connectivity index (χ3v) is 1.57. The number of hydrogen-bond donors (Lipinski definition) is 1. The van der Waals surface area contributed by atoms with Crippen molar-refractivity contribution in [3.63, 3.8) is 0 Å². The Labute approximate surface area is 70.4 Å². The summed E-state index contributed by atoms with van der Waals surface area (Å²) in [5.41, 5.74) is 1.02. The van der Waals surface area contributed by atoms with Crippen molar-refractivity contribution in [2.45, 2.75) is 6.54 Å². The maximum absolute atomic E-state index is 12.9. The zero-order chi connectivity index (χ0) is 8.97. The summed E-state index contributed by atoms with van der Waals surface area (Å²) in [4.78, 5) is 10.3. The fourth-order valence-corrected chi connectivity index (χ4v) is 0.994. The number of benzene rings is 1. The van der Waals surface area contributed by atoms with Crippen LogP contribution in [-0.2, 0) is 6.54 Å². The van der Waals surface area contributed by atoms with Crippen LogP contribution in [0.1, 0.15) is 15.9 Å². The van der Waals surface area contributed by atoms with Gasteiger partial charge in [0.2, 0.25) is 0 Å². The van der Waals surface area contributed by atoms with Gasteiger partial charge >= 0.3 is 0 Å². The van der Waals surface area contributed by atoms with Gasteiger partial charge in [0.1, 0.15) is 12.1 Å². The van der Waals surface area contributed by atoms with Crippen molar-refractivity contribution in [1.82, 2.24) is 5.32 Å². The number of nitrogens with one attached hydrogen (secondary N) is 1. The van der Waals surface area contributed by atoms with Gasteiger partial charge in [-0.1, -0.05) is 0 Å². The SMILES string of the molecule is CNCc1cc(C=O)ccc1F. The molecule has 0 heterocycles. The van der Waals surface area contributed by atoms with Crippen LogP contribution in [0.5, 0.6) is 0 Å². The lowest BCUT2D eigenvalue weighted by Crippen LogP contribution is -2.07. The summed E-state index contributed by atoms with van der Waals surface area (Å²) < 4.78 is 12.9. The van der Waals surface area contributed by atoms with E-state index >= 15 is 0 Å². The van der Waals surface area contributed by atoms with Gasteiger partial charge in [0.05, 0.1) is 0 Å². The van der Waals surface area contributed by atoms with Gasteiger partial charge in [-0.25, -0.2) is 4.39 Å². The highest BCUT2D eigenvalue weighted by Gasteiger charge is 2.01. The maximum Gasteiger partial charge on any atom is 0.150 e. The lowest BCUT2D eigenvalue weighted by Gasteiger charge is -2.01. The number of carbonyl (C=O) groups excluding carboxylic acids is 1. The highest BCUT2D eigenvalue weighted by Crippen LogP contribution is 2.08. The molecule has 0 radical (unpaired) electrons. The molecule has 0 saturated heterocycles. The van der Waals surface area contributed by atoms with Gasteiger partial charge < -0.3 is 5.32 Å². The van der Waals surface area contributed by atoms with E-state index in [1.807, 2.05) is 0 Å². The van der Waals surface area contributed by atoms with Crippen LogP contribution in [0.2, 0.25) is 0 Å². The molecule has 64 valence electrons. The van der Waals surface area contributed by atoms with Crippen LogP contribution in [0, 0.1) is 5.82 Å². The topological polar surface area (TPSA) is 29.1 Å². The highest BCUT2D eigenvalue weighted by atomic mass is 19.1. The van der Waals surface area contributed by atoms with E-state index in [2.05, 4.69) is 5.32 Å². The molecule has 0 aromatic heterocycles. The van der Waals surface area contributed by atoms with Crippen molar-refractivity contribution in [3.8, 4) is 0 Å². The summed E-state index contributed by atoms with van der Waals surface area (Å²) in [6, 6.07) is 4.30. The monoisotopic (exact) mass is 167 g/mol. The van der Waals surface area contributed by atoms with E-state index in [0.717, 1.165) is 0 Å². The normalized spacial score (nSPS) is 9.83. The first kappa shape index (κ1) is 8.87. The van der Waals surface area contributed by atoms with E-state index in [4.69, 9.17) is 0 Å². The third kappa shape index (κ3) is 1.89. The van der Waals surface area contributed by atoms with Gasteiger partial charge in [-0.2, -0.15) is 0 Å². The molecule has 1 aromatic rings. The fraction of sp³-hybridized carbons (Fsp3) is 0.222. The van der Waals surface area contributed by atoms with E-state index in [0.29, 0.717) is 24.0 Å². The van der Waals surface area contributed by atoms with Crippen LogP contribution < -0.4 is 5.32 Å². The highest BCUT2D eigenvalue weighted by molar-refractivity contribution is 5.74. The second kappa shape index (κ2) is 3.97. The molecule has 0 saturated carbocycles. The molecule has 0 unspecified atom stereocenters. The van der Waals surface area contributed by atoms with Gasteiger partial charge in [-0.05, 0) is 25.2 Å². The minimum Gasteiger partial charge on any atom is -0.316 e. The maximum atomic E-state index is 12.9. The minimum atomic E-state index is -0.282. The summed E-state index contributed by atoms with van der Waals surface area (Å²) in [5, 5.41) is 2.82. The summed E-state index contributed by atoms with van der Waals surface area (Å²) in [7, 11) is 1.73. The summed E-state index contributed by atoms with van der Waals surface area (Å²) in [6.07, 6.45) is 0.707. The summed E-state index contributed by atoms with van der Waals surface area (Å²) >= 11 is 0. The molecule has 0 aliphatic rings. The average molecular weight is 167 g/mol. The molecule has 0 aliphatic heterocycles.